The lowest BCUT2D eigenvalue weighted by Gasteiger charge is -2.37. The van der Waals surface area contributed by atoms with E-state index in [4.69, 9.17) is 4.74 Å². The Kier molecular flexibility index (Phi) is 18.6. The van der Waals surface area contributed by atoms with E-state index in [2.05, 4.69) is 32.0 Å². The van der Waals surface area contributed by atoms with Gasteiger partial charge in [-0.05, 0) is 82.1 Å². The molecule has 5 amide bonds. The number of methoxy groups -OCH3 is 1. The number of imidazole rings is 1. The predicted octanol–water partition coefficient (Wildman–Crippen LogP) is 7.01. The molecular weight excluding hydrogens is 1080 g/mol. The zero-order chi connectivity index (χ0) is 59.2. The molecule has 0 saturated carbocycles. The van der Waals surface area contributed by atoms with Gasteiger partial charge in [-0.15, -0.1) is 0 Å². The summed E-state index contributed by atoms with van der Waals surface area (Å²) in [5.74, 6) is 0.437. The van der Waals surface area contributed by atoms with Crippen molar-refractivity contribution in [3.8, 4) is 34.4 Å². The van der Waals surface area contributed by atoms with E-state index in [0.717, 1.165) is 37.8 Å². The first-order valence-corrected chi connectivity index (χ1v) is 24.1. The number of carbonyl (C=O) groups excluding carboxylic acids is 5. The number of aliphatic hydroxyl groups is 1. The number of benzene rings is 3. The standard InChI is InChI=1S/C52H54F10N10O8/c1-49(2,51(57,58)59)42(66-48(78)79-7)44(75)65-37(20-30-12-10-28(11-13-30)8-9-29-14-16-31(17-15-29)38-24-70-27-41(74)69(6)26-40(70)64-38)39(73)25-71(68-45(76)43(80-47(77)63-5)50(3,4)52(60,61)62)23-33-34(53)21-32(22-35(33)54)36-18-19-72(67-36)46(55)56/h10-19,21-22,24,37,39,42-43,46,73H,20,23,25-27H2,1-7H3,(H,63,77)(H,65,75)(H,66,78)(H,68,76)/t37-,39-,42+,43+/m0/s1. The molecule has 2 aromatic heterocycles. The minimum atomic E-state index is -5.27. The Morgan fingerprint density at radius 3 is 1.93 bits per heavy atom. The Hall–Kier alpha value is -8.19. The number of carbonyl (C=O) groups is 5. The average molecular weight is 1140 g/mol. The van der Waals surface area contributed by atoms with Gasteiger partial charge in [0, 0.05) is 67.4 Å². The fourth-order valence-electron chi connectivity index (χ4n) is 7.99. The van der Waals surface area contributed by atoms with Crippen molar-refractivity contribution in [2.45, 2.75) is 96.9 Å². The molecule has 0 spiro atoms. The number of aliphatic hydroxyl groups excluding tert-OH is 1. The van der Waals surface area contributed by atoms with Crippen molar-refractivity contribution < 1.29 is 82.5 Å². The zero-order valence-electron chi connectivity index (χ0n) is 43.7. The third-order valence-corrected chi connectivity index (χ3v) is 13.2. The van der Waals surface area contributed by atoms with Crippen molar-refractivity contribution in [1.29, 1.82) is 0 Å². The molecule has 4 atom stereocenters. The van der Waals surface area contributed by atoms with E-state index < -0.39 is 115 Å². The fraction of sp³-hybridized carbons (Fsp3) is 0.404. The van der Waals surface area contributed by atoms with E-state index in [-0.39, 0.29) is 34.0 Å². The van der Waals surface area contributed by atoms with Gasteiger partial charge in [0.2, 0.25) is 11.8 Å². The molecule has 5 N–H and O–H groups in total. The Balaban J connectivity index is 1.34. The number of hydrogen-bond donors (Lipinski definition) is 5. The van der Waals surface area contributed by atoms with Gasteiger partial charge in [0.05, 0.1) is 42.6 Å². The van der Waals surface area contributed by atoms with Crippen LogP contribution in [0.25, 0.3) is 22.5 Å². The van der Waals surface area contributed by atoms with E-state index in [1.807, 2.05) is 16.1 Å². The number of likely N-dealkylation sites (N-methyl/N-ethyl adjacent to an activating group) is 1. The van der Waals surface area contributed by atoms with Gasteiger partial charge in [0.15, 0.2) is 6.10 Å². The highest BCUT2D eigenvalue weighted by Gasteiger charge is 2.58. The van der Waals surface area contributed by atoms with Crippen molar-refractivity contribution in [3.05, 3.63) is 119 Å². The van der Waals surface area contributed by atoms with Crippen LogP contribution in [0.1, 0.15) is 62.3 Å². The summed E-state index contributed by atoms with van der Waals surface area (Å²) >= 11 is 0. The molecule has 0 saturated heterocycles. The number of nitrogens with zero attached hydrogens (tertiary/aromatic N) is 6. The molecule has 1 aliphatic heterocycles. The summed E-state index contributed by atoms with van der Waals surface area (Å²) in [5.41, 5.74) is -3.25. The highest BCUT2D eigenvalue weighted by atomic mass is 19.4. The molecule has 3 heterocycles. The maximum Gasteiger partial charge on any atom is 0.407 e. The quantitative estimate of drug-likeness (QED) is 0.0342. The predicted molar refractivity (Wildman–Crippen MR) is 264 cm³/mol. The molecule has 6 rings (SSSR count). The number of rotatable bonds is 18. The largest absolute Gasteiger partial charge is 0.453 e. The molecule has 0 bridgehead atoms. The van der Waals surface area contributed by atoms with Crippen LogP contribution in [0.3, 0.4) is 0 Å². The number of alkyl halides is 8. The molecule has 18 nitrogen and oxygen atoms in total. The van der Waals surface area contributed by atoms with Gasteiger partial charge in [-0.1, -0.05) is 36.1 Å². The minimum Gasteiger partial charge on any atom is -0.453 e. The van der Waals surface area contributed by atoms with E-state index in [1.165, 1.54) is 24.3 Å². The van der Waals surface area contributed by atoms with Gasteiger partial charge < -0.3 is 40.0 Å². The molecular formula is C52H54F10N10O8. The second-order valence-corrected chi connectivity index (χ2v) is 19.6. The number of ether oxygens (including phenoxy) is 2. The summed E-state index contributed by atoms with van der Waals surface area (Å²) in [5, 5.41) is 22.1. The first-order valence-electron chi connectivity index (χ1n) is 24.1. The Morgan fingerprint density at radius 1 is 0.800 bits per heavy atom. The molecule has 1 aliphatic rings. The van der Waals surface area contributed by atoms with Gasteiger partial charge in [-0.3, -0.25) is 19.8 Å². The van der Waals surface area contributed by atoms with Crippen LogP contribution in [0.4, 0.5) is 53.5 Å². The average Bonchev–Trinajstić information content (AvgIpc) is 4.05. The van der Waals surface area contributed by atoms with Gasteiger partial charge in [-0.25, -0.2) is 33.0 Å². The van der Waals surface area contributed by atoms with Gasteiger partial charge in [-0.2, -0.15) is 40.2 Å². The van der Waals surface area contributed by atoms with Crippen molar-refractivity contribution in [2.24, 2.45) is 10.8 Å². The van der Waals surface area contributed by atoms with Crippen LogP contribution < -0.4 is 21.4 Å². The van der Waals surface area contributed by atoms with Crippen molar-refractivity contribution in [2.75, 3.05) is 27.7 Å². The molecule has 80 heavy (non-hydrogen) atoms. The molecule has 0 radical (unpaired) electrons. The normalized spacial score (nSPS) is 14.6. The Morgan fingerprint density at radius 2 is 1.39 bits per heavy atom. The number of alkyl carbamates (subject to hydrolysis) is 2. The lowest BCUT2D eigenvalue weighted by atomic mass is 9.82. The van der Waals surface area contributed by atoms with Crippen LogP contribution in [0.15, 0.2) is 79.1 Å². The van der Waals surface area contributed by atoms with Crippen LogP contribution in [0.5, 0.6) is 0 Å². The van der Waals surface area contributed by atoms with Crippen LogP contribution in [0.2, 0.25) is 0 Å². The second kappa shape index (κ2) is 24.4. The zero-order valence-corrected chi connectivity index (χ0v) is 43.7. The number of hydrazine groups is 1. The molecule has 3 aromatic carbocycles. The third-order valence-electron chi connectivity index (χ3n) is 13.2. The highest BCUT2D eigenvalue weighted by Crippen LogP contribution is 2.43. The summed E-state index contributed by atoms with van der Waals surface area (Å²) in [7, 11) is 3.46. The summed E-state index contributed by atoms with van der Waals surface area (Å²) in [6, 6.07) is 11.1. The van der Waals surface area contributed by atoms with Crippen LogP contribution >= 0.6 is 0 Å². The molecule has 5 aromatic rings. The summed E-state index contributed by atoms with van der Waals surface area (Å²) < 4.78 is 157. The van der Waals surface area contributed by atoms with E-state index in [1.54, 1.807) is 47.0 Å². The summed E-state index contributed by atoms with van der Waals surface area (Å²) in [6.07, 6.45) is -16.3. The van der Waals surface area contributed by atoms with E-state index in [9.17, 15) is 64.2 Å². The fourth-order valence-corrected chi connectivity index (χ4v) is 7.99. The Labute approximate surface area is 450 Å². The second-order valence-electron chi connectivity index (χ2n) is 19.6. The summed E-state index contributed by atoms with van der Waals surface area (Å²) in [6.45, 7) is -2.79. The van der Waals surface area contributed by atoms with Gasteiger partial charge in [0.25, 0.3) is 5.91 Å². The lowest BCUT2D eigenvalue weighted by molar-refractivity contribution is -0.239. The third kappa shape index (κ3) is 14.3. The highest BCUT2D eigenvalue weighted by molar-refractivity contribution is 5.87. The van der Waals surface area contributed by atoms with E-state index >= 15 is 8.78 Å². The van der Waals surface area contributed by atoms with Gasteiger partial charge >= 0.3 is 31.1 Å². The van der Waals surface area contributed by atoms with E-state index in [0.29, 0.717) is 68.2 Å². The van der Waals surface area contributed by atoms with Crippen LogP contribution in [0, 0.1) is 34.3 Å². The number of nitrogens with one attached hydrogen (secondary N) is 4. The molecule has 430 valence electrons. The number of halogens is 10. The lowest BCUT2D eigenvalue weighted by Crippen LogP contribution is -2.62. The number of amides is 5. The number of fused-ring (bicyclic) bond motifs is 1. The smallest absolute Gasteiger partial charge is 0.407 e. The minimum absolute atomic E-state index is 0.0522. The molecule has 0 unspecified atom stereocenters. The van der Waals surface area contributed by atoms with Crippen LogP contribution in [-0.2, 0) is 49.9 Å². The maximum atomic E-state index is 16.0. The monoisotopic (exact) mass is 1140 g/mol. The molecule has 0 fully saturated rings. The topological polar surface area (TPSA) is 214 Å². The SMILES string of the molecule is CNC(=O)O[C@H](C(=O)NN(Cc1c(F)cc(-c2ccn(C(F)F)n2)cc1F)C[C@H](O)[C@H](Cc1ccc(C#Cc2ccc(-c3cn4c(n3)CN(C)C(=O)C4)cc2)cc1)NC(=O)[C@@H](NC(=O)OC)C(C)(C)C(F)(F)F)C(C)(C)C(F)(F)F. The number of hydrogen-bond acceptors (Lipinski definition) is 11. The maximum absolute atomic E-state index is 16.0. The van der Waals surface area contributed by atoms with Crippen molar-refractivity contribution in [3.63, 3.8) is 0 Å². The van der Waals surface area contributed by atoms with Gasteiger partial charge in [0.1, 0.15) is 35.5 Å². The van der Waals surface area contributed by atoms with Crippen molar-refractivity contribution in [1.82, 2.24) is 50.6 Å². The molecule has 0 aliphatic carbocycles. The molecule has 28 heteroatoms. The van der Waals surface area contributed by atoms with Crippen LogP contribution in [-0.4, -0.2) is 129 Å². The number of aromatic nitrogens is 4. The summed E-state index contributed by atoms with van der Waals surface area (Å²) in [4.78, 5) is 71.1. The first-order chi connectivity index (χ1) is 37.3. The van der Waals surface area contributed by atoms with Crippen molar-refractivity contribution >= 4 is 29.9 Å². The first kappa shape index (κ1) is 61.0. The Bertz CT molecular complexity index is 3110.